The molecule has 0 atom stereocenters. The topological polar surface area (TPSA) is 85.1 Å². The lowest BCUT2D eigenvalue weighted by Crippen LogP contribution is -2.48. The Morgan fingerprint density at radius 1 is 1.04 bits per heavy atom. The van der Waals surface area contributed by atoms with Gasteiger partial charge in [-0.1, -0.05) is 5.16 Å². The Balaban J connectivity index is 1.75. The van der Waals surface area contributed by atoms with Crippen molar-refractivity contribution in [2.45, 2.75) is 18.7 Å². The van der Waals surface area contributed by atoms with Crippen LogP contribution in [-0.4, -0.2) is 58.3 Å². The number of aryl methyl sites for hydroxylation is 2. The van der Waals surface area contributed by atoms with Crippen LogP contribution in [0.2, 0.25) is 0 Å². The van der Waals surface area contributed by atoms with Crippen LogP contribution in [-0.2, 0) is 10.0 Å². The standard InChI is InChI=1S/C17H23N3O5S/c1-12-17(13(2)25-18-12)26(21,22)20-9-7-19(8-10-20)14-5-6-15(23-3)16(11-14)24-4/h5-6,11H,7-10H2,1-4H3. The first-order valence-electron chi connectivity index (χ1n) is 8.28. The van der Waals surface area contributed by atoms with Gasteiger partial charge in [-0.3, -0.25) is 0 Å². The van der Waals surface area contributed by atoms with Crippen LogP contribution in [0.25, 0.3) is 0 Å². The lowest BCUT2D eigenvalue weighted by atomic mass is 10.2. The number of ether oxygens (including phenoxy) is 2. The molecule has 0 N–H and O–H groups in total. The average molecular weight is 381 g/mol. The molecule has 26 heavy (non-hydrogen) atoms. The Labute approximate surface area is 153 Å². The van der Waals surface area contributed by atoms with E-state index in [0.717, 1.165) is 5.69 Å². The summed E-state index contributed by atoms with van der Waals surface area (Å²) in [6.45, 7) is 5.20. The number of rotatable bonds is 5. The van der Waals surface area contributed by atoms with Crippen molar-refractivity contribution in [3.05, 3.63) is 29.7 Å². The van der Waals surface area contributed by atoms with E-state index in [2.05, 4.69) is 10.1 Å². The van der Waals surface area contributed by atoms with Gasteiger partial charge in [-0.05, 0) is 26.0 Å². The predicted molar refractivity (Wildman–Crippen MR) is 96.5 cm³/mol. The van der Waals surface area contributed by atoms with Gasteiger partial charge in [0.25, 0.3) is 0 Å². The molecule has 142 valence electrons. The number of methoxy groups -OCH3 is 2. The van der Waals surface area contributed by atoms with Crippen molar-refractivity contribution >= 4 is 15.7 Å². The smallest absolute Gasteiger partial charge is 0.248 e. The van der Waals surface area contributed by atoms with Crippen LogP contribution in [0.3, 0.4) is 0 Å². The third-order valence-electron chi connectivity index (χ3n) is 4.54. The first-order valence-corrected chi connectivity index (χ1v) is 9.72. The predicted octanol–water partition coefficient (Wildman–Crippen LogP) is 1.82. The van der Waals surface area contributed by atoms with Crippen molar-refractivity contribution in [2.75, 3.05) is 45.3 Å². The zero-order chi connectivity index (χ0) is 18.9. The summed E-state index contributed by atoms with van der Waals surface area (Å²) >= 11 is 0. The molecule has 0 amide bonds. The monoisotopic (exact) mass is 381 g/mol. The third-order valence-corrected chi connectivity index (χ3v) is 6.68. The van der Waals surface area contributed by atoms with E-state index in [1.807, 2.05) is 18.2 Å². The third kappa shape index (κ3) is 3.24. The molecule has 0 radical (unpaired) electrons. The van der Waals surface area contributed by atoms with Gasteiger partial charge in [0.05, 0.1) is 14.2 Å². The molecule has 1 aliphatic heterocycles. The van der Waals surface area contributed by atoms with Crippen LogP contribution in [0.5, 0.6) is 11.5 Å². The quantitative estimate of drug-likeness (QED) is 0.781. The maximum atomic E-state index is 12.9. The van der Waals surface area contributed by atoms with Crippen LogP contribution in [0.15, 0.2) is 27.6 Å². The molecular weight excluding hydrogens is 358 g/mol. The van der Waals surface area contributed by atoms with Crippen molar-refractivity contribution in [3.63, 3.8) is 0 Å². The summed E-state index contributed by atoms with van der Waals surface area (Å²) in [6, 6.07) is 5.69. The van der Waals surface area contributed by atoms with Crippen LogP contribution in [0.4, 0.5) is 5.69 Å². The second-order valence-electron chi connectivity index (χ2n) is 6.08. The zero-order valence-electron chi connectivity index (χ0n) is 15.4. The van der Waals surface area contributed by atoms with Crippen molar-refractivity contribution in [3.8, 4) is 11.5 Å². The fourth-order valence-corrected chi connectivity index (χ4v) is 4.89. The molecule has 1 saturated heterocycles. The molecule has 2 heterocycles. The molecular formula is C17H23N3O5S. The minimum absolute atomic E-state index is 0.178. The molecule has 8 nitrogen and oxygen atoms in total. The molecule has 1 aromatic carbocycles. The average Bonchev–Trinajstić information content (AvgIpc) is 3.00. The van der Waals surface area contributed by atoms with Gasteiger partial charge >= 0.3 is 0 Å². The summed E-state index contributed by atoms with van der Waals surface area (Å²) in [4.78, 5) is 2.30. The molecule has 3 rings (SSSR count). The highest BCUT2D eigenvalue weighted by Gasteiger charge is 2.33. The Kier molecular flexibility index (Phi) is 5.10. The molecule has 0 aliphatic carbocycles. The Morgan fingerprint density at radius 3 is 2.23 bits per heavy atom. The molecule has 1 aromatic heterocycles. The summed E-state index contributed by atoms with van der Waals surface area (Å²) < 4.78 is 42.9. The van der Waals surface area contributed by atoms with Crippen molar-refractivity contribution < 1.29 is 22.4 Å². The van der Waals surface area contributed by atoms with Gasteiger partial charge in [0, 0.05) is 37.9 Å². The van der Waals surface area contributed by atoms with Gasteiger partial charge in [-0.25, -0.2) is 8.42 Å². The molecule has 2 aromatic rings. The number of anilines is 1. The van der Waals surface area contributed by atoms with Crippen LogP contribution < -0.4 is 14.4 Å². The Bertz CT molecular complexity index is 866. The number of benzene rings is 1. The number of sulfonamides is 1. The SMILES string of the molecule is COc1ccc(N2CCN(S(=O)(=O)c3c(C)noc3C)CC2)cc1OC. The van der Waals surface area contributed by atoms with Gasteiger partial charge in [0.2, 0.25) is 10.0 Å². The maximum absolute atomic E-state index is 12.9. The van der Waals surface area contributed by atoms with E-state index in [0.29, 0.717) is 49.1 Å². The summed E-state index contributed by atoms with van der Waals surface area (Å²) in [5.74, 6) is 1.64. The molecule has 0 spiro atoms. The van der Waals surface area contributed by atoms with E-state index in [9.17, 15) is 8.42 Å². The first-order chi connectivity index (χ1) is 12.4. The van der Waals surface area contributed by atoms with Crippen molar-refractivity contribution in [1.29, 1.82) is 0 Å². The molecule has 0 saturated carbocycles. The molecule has 0 unspecified atom stereocenters. The fourth-order valence-electron chi connectivity index (χ4n) is 3.18. The fraction of sp³-hybridized carbons (Fsp3) is 0.471. The molecule has 9 heteroatoms. The van der Waals surface area contributed by atoms with Crippen molar-refractivity contribution in [2.24, 2.45) is 0 Å². The maximum Gasteiger partial charge on any atom is 0.248 e. The van der Waals surface area contributed by atoms with Crippen LogP contribution >= 0.6 is 0 Å². The summed E-state index contributed by atoms with van der Waals surface area (Å²) in [6.07, 6.45) is 0. The lowest BCUT2D eigenvalue weighted by molar-refractivity contribution is 0.354. The Hall–Kier alpha value is -2.26. The largest absolute Gasteiger partial charge is 0.493 e. The number of hydrogen-bond acceptors (Lipinski definition) is 7. The summed E-state index contributed by atoms with van der Waals surface area (Å²) in [5, 5.41) is 3.76. The van der Waals surface area contributed by atoms with E-state index in [-0.39, 0.29) is 4.90 Å². The van der Waals surface area contributed by atoms with Gasteiger partial charge in [-0.15, -0.1) is 0 Å². The van der Waals surface area contributed by atoms with Crippen LogP contribution in [0.1, 0.15) is 11.5 Å². The summed E-state index contributed by atoms with van der Waals surface area (Å²) in [7, 11) is -0.417. The second-order valence-corrected chi connectivity index (χ2v) is 7.96. The minimum atomic E-state index is -3.60. The number of nitrogens with zero attached hydrogens (tertiary/aromatic N) is 3. The lowest BCUT2D eigenvalue weighted by Gasteiger charge is -2.35. The number of aromatic nitrogens is 1. The summed E-state index contributed by atoms with van der Waals surface area (Å²) in [5.41, 5.74) is 1.36. The highest BCUT2D eigenvalue weighted by Crippen LogP contribution is 2.32. The number of hydrogen-bond donors (Lipinski definition) is 0. The van der Waals surface area contributed by atoms with Gasteiger partial charge in [0.15, 0.2) is 17.3 Å². The molecule has 1 aliphatic rings. The highest BCUT2D eigenvalue weighted by molar-refractivity contribution is 7.89. The van der Waals surface area contributed by atoms with E-state index in [1.165, 1.54) is 4.31 Å². The first kappa shape index (κ1) is 18.5. The molecule has 1 fully saturated rings. The normalized spacial score (nSPS) is 15.9. The zero-order valence-corrected chi connectivity index (χ0v) is 16.2. The van der Waals surface area contributed by atoms with E-state index in [1.54, 1.807) is 28.1 Å². The highest BCUT2D eigenvalue weighted by atomic mass is 32.2. The van der Waals surface area contributed by atoms with Crippen molar-refractivity contribution in [1.82, 2.24) is 9.46 Å². The second kappa shape index (κ2) is 7.16. The van der Waals surface area contributed by atoms with Gasteiger partial charge in [0.1, 0.15) is 10.6 Å². The van der Waals surface area contributed by atoms with E-state index in [4.69, 9.17) is 14.0 Å². The number of piperazine rings is 1. The van der Waals surface area contributed by atoms with Gasteiger partial charge in [-0.2, -0.15) is 4.31 Å². The van der Waals surface area contributed by atoms with Gasteiger partial charge < -0.3 is 18.9 Å². The van der Waals surface area contributed by atoms with E-state index < -0.39 is 10.0 Å². The Morgan fingerprint density at radius 2 is 1.69 bits per heavy atom. The molecule has 0 bridgehead atoms. The van der Waals surface area contributed by atoms with E-state index >= 15 is 0 Å². The minimum Gasteiger partial charge on any atom is -0.493 e. The van der Waals surface area contributed by atoms with Crippen LogP contribution in [0, 0.1) is 13.8 Å².